The Kier molecular flexibility index (Phi) is 3.90. The van der Waals surface area contributed by atoms with E-state index in [2.05, 4.69) is 5.32 Å². The molecule has 0 aliphatic heterocycles. The zero-order valence-electron chi connectivity index (χ0n) is 10.7. The van der Waals surface area contributed by atoms with Gasteiger partial charge in [0.25, 0.3) is 0 Å². The summed E-state index contributed by atoms with van der Waals surface area (Å²) in [6.45, 7) is 0.453. The average molecular weight is 254 g/mol. The minimum absolute atomic E-state index is 0.0591. The summed E-state index contributed by atoms with van der Waals surface area (Å²) in [5.74, 6) is -1.10. The molecular weight excluding hydrogens is 232 g/mol. The Morgan fingerprint density at radius 1 is 1.22 bits per heavy atom. The van der Waals surface area contributed by atoms with E-state index in [-0.39, 0.29) is 17.7 Å². The lowest BCUT2D eigenvalue weighted by molar-refractivity contribution is -0.145. The van der Waals surface area contributed by atoms with Crippen molar-refractivity contribution in [1.82, 2.24) is 5.32 Å². The van der Waals surface area contributed by atoms with Crippen LogP contribution in [0.5, 0.6) is 0 Å². The Labute approximate surface area is 107 Å². The van der Waals surface area contributed by atoms with Crippen molar-refractivity contribution in [3.63, 3.8) is 0 Å². The zero-order valence-corrected chi connectivity index (χ0v) is 10.7. The third-order valence-corrected chi connectivity index (χ3v) is 4.45. The van der Waals surface area contributed by atoms with Crippen LogP contribution < -0.4 is 11.1 Å². The van der Waals surface area contributed by atoms with Gasteiger partial charge in [0.15, 0.2) is 0 Å². The van der Waals surface area contributed by atoms with Crippen molar-refractivity contribution in [1.29, 1.82) is 0 Å². The standard InChI is InChI=1S/C13H22N2O3/c14-13(6-3-7-13)12(18)15-8-9-4-1-2-5-10(9)11(16)17/h9-10H,1-8,14H2,(H,15,18)(H,16,17). The van der Waals surface area contributed by atoms with Gasteiger partial charge in [-0.15, -0.1) is 0 Å². The second kappa shape index (κ2) is 5.26. The van der Waals surface area contributed by atoms with Crippen LogP contribution in [0.2, 0.25) is 0 Å². The molecule has 4 N–H and O–H groups in total. The van der Waals surface area contributed by atoms with Gasteiger partial charge in [-0.3, -0.25) is 9.59 Å². The lowest BCUT2D eigenvalue weighted by atomic mass is 9.76. The Balaban J connectivity index is 1.84. The van der Waals surface area contributed by atoms with Crippen LogP contribution in [0, 0.1) is 11.8 Å². The number of rotatable bonds is 4. The molecule has 2 saturated carbocycles. The van der Waals surface area contributed by atoms with Crippen molar-refractivity contribution in [3.05, 3.63) is 0 Å². The Hall–Kier alpha value is -1.10. The third kappa shape index (κ3) is 2.66. The number of nitrogens with one attached hydrogen (secondary N) is 1. The van der Waals surface area contributed by atoms with Crippen molar-refractivity contribution in [2.24, 2.45) is 17.6 Å². The quantitative estimate of drug-likeness (QED) is 0.694. The summed E-state index contributed by atoms with van der Waals surface area (Å²) >= 11 is 0. The number of carboxylic acids is 1. The molecule has 2 rings (SSSR count). The van der Waals surface area contributed by atoms with Gasteiger partial charge in [-0.1, -0.05) is 12.8 Å². The molecule has 2 unspecified atom stereocenters. The van der Waals surface area contributed by atoms with Crippen LogP contribution in [0.1, 0.15) is 44.9 Å². The van der Waals surface area contributed by atoms with E-state index < -0.39 is 11.5 Å². The molecule has 2 aliphatic rings. The van der Waals surface area contributed by atoms with E-state index in [0.29, 0.717) is 6.54 Å². The molecule has 0 radical (unpaired) electrons. The molecule has 1 amide bonds. The number of carboxylic acid groups (broad SMARTS) is 1. The highest BCUT2D eigenvalue weighted by atomic mass is 16.4. The predicted molar refractivity (Wildman–Crippen MR) is 66.9 cm³/mol. The topological polar surface area (TPSA) is 92.4 Å². The van der Waals surface area contributed by atoms with Gasteiger partial charge in [-0.2, -0.15) is 0 Å². The number of aliphatic carboxylic acids is 1. The van der Waals surface area contributed by atoms with Crippen LogP contribution in [0.15, 0.2) is 0 Å². The smallest absolute Gasteiger partial charge is 0.306 e. The number of hydrogen-bond donors (Lipinski definition) is 3. The second-order valence-corrected chi connectivity index (χ2v) is 5.71. The van der Waals surface area contributed by atoms with Crippen molar-refractivity contribution in [2.75, 3.05) is 6.54 Å². The van der Waals surface area contributed by atoms with Crippen LogP contribution in [0.25, 0.3) is 0 Å². The third-order valence-electron chi connectivity index (χ3n) is 4.45. The molecule has 2 aliphatic carbocycles. The highest BCUT2D eigenvalue weighted by Crippen LogP contribution is 2.31. The van der Waals surface area contributed by atoms with Gasteiger partial charge in [-0.05, 0) is 38.0 Å². The van der Waals surface area contributed by atoms with E-state index in [1.807, 2.05) is 0 Å². The fraction of sp³-hybridized carbons (Fsp3) is 0.846. The van der Waals surface area contributed by atoms with Crippen LogP contribution in [-0.2, 0) is 9.59 Å². The van der Waals surface area contributed by atoms with Crippen molar-refractivity contribution < 1.29 is 14.7 Å². The molecule has 5 nitrogen and oxygen atoms in total. The summed E-state index contributed by atoms with van der Waals surface area (Å²) in [6.07, 6.45) is 6.13. The van der Waals surface area contributed by atoms with E-state index in [9.17, 15) is 9.59 Å². The number of carbonyl (C=O) groups is 2. The van der Waals surface area contributed by atoms with Crippen LogP contribution in [0.3, 0.4) is 0 Å². The number of amides is 1. The fourth-order valence-corrected chi connectivity index (χ4v) is 2.96. The van der Waals surface area contributed by atoms with Gasteiger partial charge >= 0.3 is 5.97 Å². The molecule has 102 valence electrons. The maximum absolute atomic E-state index is 11.9. The summed E-state index contributed by atoms with van der Waals surface area (Å²) < 4.78 is 0. The molecule has 0 spiro atoms. The highest BCUT2D eigenvalue weighted by molar-refractivity contribution is 5.87. The molecule has 0 aromatic heterocycles. The maximum atomic E-state index is 11.9. The first-order valence-corrected chi connectivity index (χ1v) is 6.83. The summed E-state index contributed by atoms with van der Waals surface area (Å²) in [7, 11) is 0. The van der Waals surface area contributed by atoms with Gasteiger partial charge in [0.05, 0.1) is 11.5 Å². The number of carbonyl (C=O) groups excluding carboxylic acids is 1. The van der Waals surface area contributed by atoms with Gasteiger partial charge < -0.3 is 16.2 Å². The summed E-state index contributed by atoms with van der Waals surface area (Å²) in [4.78, 5) is 23.0. The first-order valence-electron chi connectivity index (χ1n) is 6.83. The Morgan fingerprint density at radius 2 is 1.89 bits per heavy atom. The van der Waals surface area contributed by atoms with Gasteiger partial charge in [-0.25, -0.2) is 0 Å². The normalized spacial score (nSPS) is 30.3. The number of nitrogens with two attached hydrogens (primary N) is 1. The van der Waals surface area contributed by atoms with Crippen LogP contribution in [-0.4, -0.2) is 29.1 Å². The molecule has 2 fully saturated rings. The zero-order chi connectivity index (χ0) is 13.2. The van der Waals surface area contributed by atoms with E-state index in [4.69, 9.17) is 10.8 Å². The number of hydrogen-bond acceptors (Lipinski definition) is 3. The minimum Gasteiger partial charge on any atom is -0.481 e. The van der Waals surface area contributed by atoms with E-state index >= 15 is 0 Å². The lowest BCUT2D eigenvalue weighted by Crippen LogP contribution is -2.59. The van der Waals surface area contributed by atoms with Crippen molar-refractivity contribution in [3.8, 4) is 0 Å². The summed E-state index contributed by atoms with van der Waals surface area (Å²) in [5.41, 5.74) is 5.24. The minimum atomic E-state index is -0.736. The van der Waals surface area contributed by atoms with Crippen molar-refractivity contribution >= 4 is 11.9 Å². The molecule has 2 atom stereocenters. The fourth-order valence-electron chi connectivity index (χ4n) is 2.96. The summed E-state index contributed by atoms with van der Waals surface area (Å²) in [6, 6.07) is 0. The van der Waals surface area contributed by atoms with Crippen LogP contribution in [0.4, 0.5) is 0 Å². The predicted octanol–water partition coefficient (Wildman–Crippen LogP) is 0.875. The molecule has 0 aromatic rings. The van der Waals surface area contributed by atoms with Gasteiger partial charge in [0.2, 0.25) is 5.91 Å². The molecular formula is C13H22N2O3. The molecule has 0 heterocycles. The Bertz CT molecular complexity index is 339. The molecule has 0 saturated heterocycles. The molecule has 0 aromatic carbocycles. The van der Waals surface area contributed by atoms with E-state index in [1.165, 1.54) is 0 Å². The largest absolute Gasteiger partial charge is 0.481 e. The van der Waals surface area contributed by atoms with Crippen LogP contribution >= 0.6 is 0 Å². The van der Waals surface area contributed by atoms with Gasteiger partial charge in [0.1, 0.15) is 0 Å². The van der Waals surface area contributed by atoms with E-state index in [0.717, 1.165) is 44.9 Å². The average Bonchev–Trinajstić information content (AvgIpc) is 2.33. The SMILES string of the molecule is NC1(C(=O)NCC2CCCCC2C(=O)O)CCC1. The molecule has 18 heavy (non-hydrogen) atoms. The Morgan fingerprint density at radius 3 is 2.44 bits per heavy atom. The van der Waals surface area contributed by atoms with Gasteiger partial charge in [0, 0.05) is 6.54 Å². The molecule has 5 heteroatoms. The summed E-state index contributed by atoms with van der Waals surface area (Å²) in [5, 5.41) is 12.0. The highest BCUT2D eigenvalue weighted by Gasteiger charge is 2.40. The first-order chi connectivity index (χ1) is 8.53. The van der Waals surface area contributed by atoms with E-state index in [1.54, 1.807) is 0 Å². The molecule has 0 bridgehead atoms. The first kappa shape index (κ1) is 13.3. The maximum Gasteiger partial charge on any atom is 0.306 e. The second-order valence-electron chi connectivity index (χ2n) is 5.71. The monoisotopic (exact) mass is 254 g/mol. The van der Waals surface area contributed by atoms with Crippen molar-refractivity contribution in [2.45, 2.75) is 50.5 Å². The lowest BCUT2D eigenvalue weighted by Gasteiger charge is -2.37.